The third-order valence-electron chi connectivity index (χ3n) is 4.91. The zero-order valence-corrected chi connectivity index (χ0v) is 16.1. The number of para-hydroxylation sites is 2. The largest absolute Gasteiger partial charge is 0.366 e. The van der Waals surface area contributed by atoms with E-state index in [1.807, 2.05) is 45.0 Å². The molecule has 0 radical (unpaired) electrons. The first-order valence-electron chi connectivity index (χ1n) is 9.11. The fourth-order valence-electron chi connectivity index (χ4n) is 3.49. The predicted molar refractivity (Wildman–Crippen MR) is 106 cm³/mol. The van der Waals surface area contributed by atoms with Crippen LogP contribution < -0.4 is 11.1 Å². The van der Waals surface area contributed by atoms with E-state index in [9.17, 15) is 4.79 Å². The van der Waals surface area contributed by atoms with E-state index in [4.69, 9.17) is 5.73 Å². The summed E-state index contributed by atoms with van der Waals surface area (Å²) in [6, 6.07) is 7.99. The Morgan fingerprint density at radius 2 is 1.93 bits per heavy atom. The Morgan fingerprint density at radius 1 is 1.14 bits per heavy atom. The van der Waals surface area contributed by atoms with E-state index in [0.717, 1.165) is 33.8 Å². The normalized spacial score (nSPS) is 11.4. The second-order valence-corrected chi connectivity index (χ2v) is 6.77. The lowest BCUT2D eigenvalue weighted by molar-refractivity contribution is -0.120. The van der Waals surface area contributed by atoms with Crippen LogP contribution in [0.2, 0.25) is 0 Å². The minimum atomic E-state index is -0.0671. The number of nitrogen functional groups attached to an aromatic ring is 1. The maximum atomic E-state index is 12.5. The third kappa shape index (κ3) is 3.15. The summed E-state index contributed by atoms with van der Waals surface area (Å²) >= 11 is 0. The van der Waals surface area contributed by atoms with Gasteiger partial charge in [-0.1, -0.05) is 12.1 Å². The molecule has 9 heteroatoms. The van der Waals surface area contributed by atoms with Crippen molar-refractivity contribution in [2.75, 3.05) is 12.3 Å². The summed E-state index contributed by atoms with van der Waals surface area (Å²) in [5, 5.41) is 7.12. The molecule has 0 saturated heterocycles. The van der Waals surface area contributed by atoms with E-state index in [1.54, 1.807) is 4.52 Å². The standard InChI is InChI=1S/C19H22N8O/c1-11-14(12(2)27-19(22-11)24-18(20)25-27)10-17(28)21-8-9-26-13(3)23-15-6-4-5-7-16(15)26/h4-7H,8-10H2,1-3H3,(H2,20,25)(H,21,28). The summed E-state index contributed by atoms with van der Waals surface area (Å²) in [5.41, 5.74) is 10.1. The molecule has 1 amide bonds. The molecule has 4 aromatic rings. The van der Waals surface area contributed by atoms with Crippen LogP contribution >= 0.6 is 0 Å². The molecule has 1 aromatic carbocycles. The van der Waals surface area contributed by atoms with Crippen molar-refractivity contribution in [3.05, 3.63) is 47.0 Å². The Bertz CT molecular complexity index is 1190. The van der Waals surface area contributed by atoms with Crippen LogP contribution in [0, 0.1) is 20.8 Å². The Labute approximate surface area is 161 Å². The number of nitrogens with one attached hydrogen (secondary N) is 1. The minimum Gasteiger partial charge on any atom is -0.366 e. The summed E-state index contributed by atoms with van der Waals surface area (Å²) in [6.45, 7) is 6.90. The molecule has 3 heterocycles. The van der Waals surface area contributed by atoms with E-state index in [1.165, 1.54) is 0 Å². The van der Waals surface area contributed by atoms with Crippen LogP contribution in [-0.2, 0) is 17.8 Å². The van der Waals surface area contributed by atoms with Crippen LogP contribution in [0.1, 0.15) is 22.8 Å². The Morgan fingerprint density at radius 3 is 2.75 bits per heavy atom. The molecule has 144 valence electrons. The van der Waals surface area contributed by atoms with Gasteiger partial charge in [0.25, 0.3) is 5.78 Å². The Kier molecular flexibility index (Phi) is 4.42. The van der Waals surface area contributed by atoms with E-state index in [0.29, 0.717) is 18.9 Å². The molecule has 0 spiro atoms. The van der Waals surface area contributed by atoms with Crippen LogP contribution in [0.15, 0.2) is 24.3 Å². The lowest BCUT2D eigenvalue weighted by Gasteiger charge is -2.11. The van der Waals surface area contributed by atoms with Crippen LogP contribution in [0.5, 0.6) is 0 Å². The molecule has 28 heavy (non-hydrogen) atoms. The van der Waals surface area contributed by atoms with Gasteiger partial charge in [0.05, 0.1) is 17.5 Å². The van der Waals surface area contributed by atoms with Gasteiger partial charge in [0.2, 0.25) is 11.9 Å². The van der Waals surface area contributed by atoms with Gasteiger partial charge in [0.1, 0.15) is 5.82 Å². The van der Waals surface area contributed by atoms with E-state index in [-0.39, 0.29) is 18.3 Å². The molecule has 0 bridgehead atoms. The molecule has 0 aliphatic rings. The zero-order valence-electron chi connectivity index (χ0n) is 16.1. The number of carbonyl (C=O) groups is 1. The van der Waals surface area contributed by atoms with Crippen LogP contribution in [-0.4, -0.2) is 41.6 Å². The first-order chi connectivity index (χ1) is 13.4. The molecule has 4 rings (SSSR count). The molecule has 0 aliphatic carbocycles. The first kappa shape index (κ1) is 17.9. The highest BCUT2D eigenvalue weighted by molar-refractivity contribution is 5.79. The lowest BCUT2D eigenvalue weighted by Crippen LogP contribution is -2.29. The number of nitrogens with zero attached hydrogens (tertiary/aromatic N) is 6. The van der Waals surface area contributed by atoms with E-state index in [2.05, 4.69) is 29.9 Å². The number of hydrogen-bond donors (Lipinski definition) is 2. The molecule has 0 aliphatic heterocycles. The van der Waals surface area contributed by atoms with Crippen molar-refractivity contribution >= 4 is 28.7 Å². The quantitative estimate of drug-likeness (QED) is 0.541. The highest BCUT2D eigenvalue weighted by Gasteiger charge is 2.15. The van der Waals surface area contributed by atoms with Gasteiger partial charge in [-0.15, -0.1) is 5.10 Å². The molecule has 3 aromatic heterocycles. The SMILES string of the molecule is Cc1nc2nc(N)nn2c(C)c1CC(=O)NCCn1c(C)nc2ccccc21. The minimum absolute atomic E-state index is 0.0671. The van der Waals surface area contributed by atoms with E-state index >= 15 is 0 Å². The summed E-state index contributed by atoms with van der Waals surface area (Å²) in [6.07, 6.45) is 0.226. The van der Waals surface area contributed by atoms with Gasteiger partial charge >= 0.3 is 0 Å². The molecule has 0 unspecified atom stereocenters. The fraction of sp³-hybridized carbons (Fsp3) is 0.316. The fourth-order valence-corrected chi connectivity index (χ4v) is 3.49. The average Bonchev–Trinajstić information content (AvgIpc) is 3.18. The summed E-state index contributed by atoms with van der Waals surface area (Å²) in [4.78, 5) is 25.5. The summed E-state index contributed by atoms with van der Waals surface area (Å²) in [7, 11) is 0. The molecular formula is C19H22N8O. The number of fused-ring (bicyclic) bond motifs is 2. The summed E-state index contributed by atoms with van der Waals surface area (Å²) < 4.78 is 3.68. The predicted octanol–water partition coefficient (Wildman–Crippen LogP) is 1.34. The lowest BCUT2D eigenvalue weighted by atomic mass is 10.1. The van der Waals surface area contributed by atoms with Crippen LogP contribution in [0.4, 0.5) is 5.95 Å². The maximum absolute atomic E-state index is 12.5. The second kappa shape index (κ2) is 6.91. The van der Waals surface area contributed by atoms with Gasteiger partial charge in [0, 0.05) is 30.0 Å². The van der Waals surface area contributed by atoms with Gasteiger partial charge in [-0.2, -0.15) is 9.50 Å². The van der Waals surface area contributed by atoms with Gasteiger partial charge in [-0.25, -0.2) is 9.97 Å². The topological polar surface area (TPSA) is 116 Å². The van der Waals surface area contributed by atoms with Gasteiger partial charge in [-0.3, -0.25) is 4.79 Å². The second-order valence-electron chi connectivity index (χ2n) is 6.77. The van der Waals surface area contributed by atoms with Crippen molar-refractivity contribution in [3.63, 3.8) is 0 Å². The van der Waals surface area contributed by atoms with Crippen LogP contribution in [0.25, 0.3) is 16.8 Å². The van der Waals surface area contributed by atoms with Crippen molar-refractivity contribution in [2.24, 2.45) is 0 Å². The van der Waals surface area contributed by atoms with Crippen molar-refractivity contribution in [1.29, 1.82) is 0 Å². The highest BCUT2D eigenvalue weighted by atomic mass is 16.1. The van der Waals surface area contributed by atoms with Crippen molar-refractivity contribution in [1.82, 2.24) is 34.4 Å². The van der Waals surface area contributed by atoms with Crippen LogP contribution in [0.3, 0.4) is 0 Å². The maximum Gasteiger partial charge on any atom is 0.254 e. The Balaban J connectivity index is 1.45. The number of anilines is 1. The smallest absolute Gasteiger partial charge is 0.254 e. The number of nitrogens with two attached hydrogens (primary N) is 1. The number of amides is 1. The number of carbonyl (C=O) groups excluding carboxylic acids is 1. The van der Waals surface area contributed by atoms with E-state index < -0.39 is 0 Å². The van der Waals surface area contributed by atoms with Crippen molar-refractivity contribution < 1.29 is 4.79 Å². The number of benzene rings is 1. The number of imidazole rings is 1. The van der Waals surface area contributed by atoms with Crippen molar-refractivity contribution in [2.45, 2.75) is 33.7 Å². The molecule has 0 saturated carbocycles. The Hall–Kier alpha value is -3.49. The highest BCUT2D eigenvalue weighted by Crippen LogP contribution is 2.16. The number of aryl methyl sites for hydroxylation is 3. The third-order valence-corrected chi connectivity index (χ3v) is 4.91. The average molecular weight is 378 g/mol. The number of hydrogen-bond acceptors (Lipinski definition) is 6. The van der Waals surface area contributed by atoms with Crippen molar-refractivity contribution in [3.8, 4) is 0 Å². The van der Waals surface area contributed by atoms with Gasteiger partial charge in [-0.05, 0) is 32.9 Å². The van der Waals surface area contributed by atoms with Gasteiger partial charge in [0.15, 0.2) is 0 Å². The molecule has 0 fully saturated rings. The molecule has 9 nitrogen and oxygen atoms in total. The molecular weight excluding hydrogens is 356 g/mol. The first-order valence-corrected chi connectivity index (χ1v) is 9.11. The molecule has 0 atom stereocenters. The molecule has 3 N–H and O–H groups in total. The monoisotopic (exact) mass is 378 g/mol. The zero-order chi connectivity index (χ0) is 19.8. The summed E-state index contributed by atoms with van der Waals surface area (Å²) in [5.74, 6) is 1.47. The number of rotatable bonds is 5. The number of aromatic nitrogens is 6. The van der Waals surface area contributed by atoms with Gasteiger partial charge < -0.3 is 15.6 Å².